The molecule has 29 heavy (non-hydrogen) atoms. The Bertz CT molecular complexity index is 1120. The largest absolute Gasteiger partial charge is 0.490 e. The quantitative estimate of drug-likeness (QED) is 0.426. The van der Waals surface area contributed by atoms with Crippen molar-refractivity contribution in [1.29, 1.82) is 0 Å². The molecule has 4 aromatic rings. The zero-order valence-corrected chi connectivity index (χ0v) is 16.8. The molecule has 148 valence electrons. The summed E-state index contributed by atoms with van der Waals surface area (Å²) in [6.07, 6.45) is 2.83. The van der Waals surface area contributed by atoms with Crippen molar-refractivity contribution in [2.24, 2.45) is 0 Å². The zero-order valence-electron chi connectivity index (χ0n) is 16.0. The summed E-state index contributed by atoms with van der Waals surface area (Å²) in [6, 6.07) is 15.4. The van der Waals surface area contributed by atoms with E-state index in [0.717, 1.165) is 28.6 Å². The van der Waals surface area contributed by atoms with Gasteiger partial charge in [0.05, 0.1) is 12.3 Å². The Labute approximate surface area is 172 Å². The summed E-state index contributed by atoms with van der Waals surface area (Å²) < 4.78 is 11.3. The van der Waals surface area contributed by atoms with E-state index in [4.69, 9.17) is 9.47 Å². The monoisotopic (exact) mass is 407 g/mol. The summed E-state index contributed by atoms with van der Waals surface area (Å²) in [5.41, 5.74) is 2.89. The second-order valence-corrected chi connectivity index (χ2v) is 7.28. The molecule has 0 spiro atoms. The highest BCUT2D eigenvalue weighted by Crippen LogP contribution is 2.31. The third-order valence-electron chi connectivity index (χ3n) is 4.29. The molecule has 0 saturated carbocycles. The number of anilines is 1. The number of para-hydroxylation sites is 3. The molecule has 0 aliphatic carbocycles. The first-order chi connectivity index (χ1) is 14.2. The summed E-state index contributed by atoms with van der Waals surface area (Å²) in [7, 11) is 0. The van der Waals surface area contributed by atoms with Crippen LogP contribution in [-0.4, -0.2) is 29.1 Å². The van der Waals surface area contributed by atoms with Crippen LogP contribution in [0.2, 0.25) is 0 Å². The number of aromatic amines is 1. The molecule has 4 rings (SSSR count). The van der Waals surface area contributed by atoms with E-state index in [9.17, 15) is 4.79 Å². The molecule has 0 bridgehead atoms. The molecule has 0 unspecified atom stereocenters. The van der Waals surface area contributed by atoms with Crippen LogP contribution in [0.15, 0.2) is 60.1 Å². The Balaban J connectivity index is 1.39. The molecular formula is C22H21N3O3S. The lowest BCUT2D eigenvalue weighted by molar-refractivity contribution is -0.118. The lowest BCUT2D eigenvalue weighted by atomic mass is 10.1. The predicted molar refractivity (Wildman–Crippen MR) is 116 cm³/mol. The van der Waals surface area contributed by atoms with E-state index in [2.05, 4.69) is 15.3 Å². The van der Waals surface area contributed by atoms with Gasteiger partial charge in [-0.3, -0.25) is 10.1 Å². The van der Waals surface area contributed by atoms with Gasteiger partial charge in [-0.2, -0.15) is 0 Å². The number of thiazole rings is 1. The maximum absolute atomic E-state index is 12.3. The van der Waals surface area contributed by atoms with E-state index in [0.29, 0.717) is 23.2 Å². The molecule has 0 aliphatic rings. The Hall–Kier alpha value is -3.32. The Morgan fingerprint density at radius 2 is 1.86 bits per heavy atom. The van der Waals surface area contributed by atoms with Crippen LogP contribution in [-0.2, 0) is 4.79 Å². The van der Waals surface area contributed by atoms with Crippen LogP contribution < -0.4 is 14.8 Å². The summed E-state index contributed by atoms with van der Waals surface area (Å²) in [6.45, 7) is 2.52. The SMILES string of the molecule is CCCOc1ccccc1OCC(=O)Nc1nc(-c2c[nH]c3ccccc23)cs1. The van der Waals surface area contributed by atoms with Crippen molar-refractivity contribution in [2.45, 2.75) is 13.3 Å². The van der Waals surface area contributed by atoms with Gasteiger partial charge >= 0.3 is 0 Å². The summed E-state index contributed by atoms with van der Waals surface area (Å²) in [5.74, 6) is 0.919. The first-order valence-electron chi connectivity index (χ1n) is 9.41. The van der Waals surface area contributed by atoms with E-state index in [1.807, 2.05) is 61.0 Å². The second-order valence-electron chi connectivity index (χ2n) is 6.42. The number of ether oxygens (including phenoxy) is 2. The van der Waals surface area contributed by atoms with Gasteiger partial charge in [-0.1, -0.05) is 37.3 Å². The number of amides is 1. The van der Waals surface area contributed by atoms with Gasteiger partial charge in [0.25, 0.3) is 5.91 Å². The average molecular weight is 407 g/mol. The van der Waals surface area contributed by atoms with Gasteiger partial charge < -0.3 is 14.5 Å². The van der Waals surface area contributed by atoms with Crippen molar-refractivity contribution < 1.29 is 14.3 Å². The van der Waals surface area contributed by atoms with Gasteiger partial charge in [0, 0.05) is 28.0 Å². The van der Waals surface area contributed by atoms with Crippen molar-refractivity contribution in [3.8, 4) is 22.8 Å². The van der Waals surface area contributed by atoms with Crippen LogP contribution in [0, 0.1) is 0 Å². The van der Waals surface area contributed by atoms with Crippen molar-refractivity contribution >= 4 is 33.3 Å². The van der Waals surface area contributed by atoms with Crippen LogP contribution in [0.3, 0.4) is 0 Å². The molecule has 1 amide bonds. The number of fused-ring (bicyclic) bond motifs is 1. The third kappa shape index (κ3) is 4.41. The van der Waals surface area contributed by atoms with Gasteiger partial charge in [0.15, 0.2) is 23.2 Å². The van der Waals surface area contributed by atoms with Gasteiger partial charge in [-0.25, -0.2) is 4.98 Å². The minimum Gasteiger partial charge on any atom is -0.490 e. The van der Waals surface area contributed by atoms with Crippen LogP contribution in [0.25, 0.3) is 22.2 Å². The molecule has 0 radical (unpaired) electrons. The number of nitrogens with one attached hydrogen (secondary N) is 2. The van der Waals surface area contributed by atoms with Gasteiger partial charge in [0.1, 0.15) is 0 Å². The molecule has 2 N–H and O–H groups in total. The third-order valence-corrected chi connectivity index (χ3v) is 5.04. The molecule has 2 aromatic carbocycles. The van der Waals surface area contributed by atoms with E-state index < -0.39 is 0 Å². The maximum Gasteiger partial charge on any atom is 0.264 e. The molecule has 2 aromatic heterocycles. The average Bonchev–Trinajstić information content (AvgIpc) is 3.38. The number of carbonyl (C=O) groups excluding carboxylic acids is 1. The standard InChI is InChI=1S/C22H21N3O3S/c1-2-11-27-19-9-5-6-10-20(19)28-13-21(26)25-22-24-18(14-29-22)16-12-23-17-8-4-3-7-15(16)17/h3-10,12,14,23H,2,11,13H2,1H3,(H,24,25,26). The highest BCUT2D eigenvalue weighted by molar-refractivity contribution is 7.14. The Morgan fingerprint density at radius 3 is 2.69 bits per heavy atom. The van der Waals surface area contributed by atoms with Crippen LogP contribution in [0.4, 0.5) is 5.13 Å². The highest BCUT2D eigenvalue weighted by Gasteiger charge is 2.12. The Kier molecular flexibility index (Phi) is 5.76. The number of rotatable bonds is 8. The molecule has 0 fully saturated rings. The number of carbonyl (C=O) groups is 1. The predicted octanol–water partition coefficient (Wildman–Crippen LogP) is 5.10. The number of H-pyrrole nitrogens is 1. The molecule has 7 heteroatoms. The minimum atomic E-state index is -0.268. The molecule has 0 aliphatic heterocycles. The van der Waals surface area contributed by atoms with Crippen molar-refractivity contribution in [2.75, 3.05) is 18.5 Å². The fraction of sp³-hybridized carbons (Fsp3) is 0.182. The molecule has 0 atom stereocenters. The molecule has 6 nitrogen and oxygen atoms in total. The fourth-order valence-corrected chi connectivity index (χ4v) is 3.66. The van der Waals surface area contributed by atoms with Crippen molar-refractivity contribution in [3.63, 3.8) is 0 Å². The second kappa shape index (κ2) is 8.79. The molecule has 0 saturated heterocycles. The number of nitrogens with zero attached hydrogens (tertiary/aromatic N) is 1. The summed E-state index contributed by atoms with van der Waals surface area (Å²) in [4.78, 5) is 20.1. The van der Waals surface area contributed by atoms with Gasteiger partial charge in [-0.05, 0) is 24.6 Å². The lowest BCUT2D eigenvalue weighted by Gasteiger charge is -2.11. The van der Waals surface area contributed by atoms with Gasteiger partial charge in [0.2, 0.25) is 0 Å². The number of benzene rings is 2. The Morgan fingerprint density at radius 1 is 1.10 bits per heavy atom. The minimum absolute atomic E-state index is 0.117. The maximum atomic E-state index is 12.3. The van der Waals surface area contributed by atoms with Crippen molar-refractivity contribution in [3.05, 3.63) is 60.1 Å². The smallest absolute Gasteiger partial charge is 0.264 e. The number of hydrogen-bond donors (Lipinski definition) is 2. The van der Waals surface area contributed by atoms with Crippen LogP contribution >= 0.6 is 11.3 Å². The first-order valence-corrected chi connectivity index (χ1v) is 10.3. The first kappa shape index (κ1) is 19.0. The van der Waals surface area contributed by atoms with Crippen molar-refractivity contribution in [1.82, 2.24) is 9.97 Å². The number of hydrogen-bond acceptors (Lipinski definition) is 5. The number of aromatic nitrogens is 2. The fourth-order valence-electron chi connectivity index (χ4n) is 2.94. The highest BCUT2D eigenvalue weighted by atomic mass is 32.1. The van der Waals surface area contributed by atoms with E-state index in [-0.39, 0.29) is 12.5 Å². The van der Waals surface area contributed by atoms with Crippen LogP contribution in [0.5, 0.6) is 11.5 Å². The molecular weight excluding hydrogens is 386 g/mol. The van der Waals surface area contributed by atoms with Gasteiger partial charge in [-0.15, -0.1) is 11.3 Å². The summed E-state index contributed by atoms with van der Waals surface area (Å²) in [5, 5.41) is 6.36. The zero-order chi connectivity index (χ0) is 20.1. The van der Waals surface area contributed by atoms with Crippen LogP contribution in [0.1, 0.15) is 13.3 Å². The summed E-state index contributed by atoms with van der Waals surface area (Å²) >= 11 is 1.38. The van der Waals surface area contributed by atoms with E-state index >= 15 is 0 Å². The van der Waals surface area contributed by atoms with E-state index in [1.54, 1.807) is 6.07 Å². The van der Waals surface area contributed by atoms with E-state index in [1.165, 1.54) is 11.3 Å². The topological polar surface area (TPSA) is 76.2 Å². The normalized spacial score (nSPS) is 10.8. The lowest BCUT2D eigenvalue weighted by Crippen LogP contribution is -2.20. The molecule has 2 heterocycles.